The SMILES string of the molecule is CC(C)(C)c1ccc(-c2nnc(SCCN3C(=O)CNC3=O)n2C2CCCCC2)cc1. The third-order valence-electron chi connectivity index (χ3n) is 6.10. The maximum Gasteiger partial charge on any atom is 0.324 e. The van der Waals surface area contributed by atoms with Gasteiger partial charge < -0.3 is 5.32 Å². The van der Waals surface area contributed by atoms with E-state index in [9.17, 15) is 9.59 Å². The minimum Gasteiger partial charge on any atom is -0.329 e. The molecule has 2 aliphatic rings. The predicted octanol–water partition coefficient (Wildman–Crippen LogP) is 4.39. The van der Waals surface area contributed by atoms with Gasteiger partial charge in [-0.15, -0.1) is 10.2 Å². The van der Waals surface area contributed by atoms with Crippen LogP contribution in [-0.2, 0) is 10.2 Å². The molecule has 2 heterocycles. The molecule has 2 fully saturated rings. The molecule has 0 unspecified atom stereocenters. The number of amides is 3. The monoisotopic (exact) mass is 441 g/mol. The van der Waals surface area contributed by atoms with Gasteiger partial charge in [0.25, 0.3) is 0 Å². The summed E-state index contributed by atoms with van der Waals surface area (Å²) in [7, 11) is 0. The van der Waals surface area contributed by atoms with Crippen molar-refractivity contribution < 1.29 is 9.59 Å². The summed E-state index contributed by atoms with van der Waals surface area (Å²) in [6.45, 7) is 7.12. The second-order valence-electron chi connectivity index (χ2n) is 9.35. The van der Waals surface area contributed by atoms with Crippen LogP contribution in [-0.4, -0.2) is 50.4 Å². The van der Waals surface area contributed by atoms with E-state index in [4.69, 9.17) is 0 Å². The Morgan fingerprint density at radius 1 is 1.06 bits per heavy atom. The number of nitrogens with one attached hydrogen (secondary N) is 1. The zero-order valence-corrected chi connectivity index (χ0v) is 19.4. The lowest BCUT2D eigenvalue weighted by Crippen LogP contribution is -2.33. The van der Waals surface area contributed by atoms with Crippen molar-refractivity contribution in [3.63, 3.8) is 0 Å². The molecule has 1 aromatic carbocycles. The van der Waals surface area contributed by atoms with E-state index in [1.807, 2.05) is 0 Å². The molecular formula is C23H31N5O2S. The number of benzene rings is 1. The van der Waals surface area contributed by atoms with Gasteiger partial charge in [0.2, 0.25) is 5.91 Å². The van der Waals surface area contributed by atoms with Gasteiger partial charge in [-0.2, -0.15) is 0 Å². The van der Waals surface area contributed by atoms with Crippen molar-refractivity contribution in [3.05, 3.63) is 29.8 Å². The van der Waals surface area contributed by atoms with Gasteiger partial charge in [-0.3, -0.25) is 14.3 Å². The summed E-state index contributed by atoms with van der Waals surface area (Å²) in [5.41, 5.74) is 2.48. The minimum atomic E-state index is -0.307. The normalized spacial score (nSPS) is 18.0. The Morgan fingerprint density at radius 3 is 2.39 bits per heavy atom. The molecule has 1 aromatic heterocycles. The van der Waals surface area contributed by atoms with Crippen LogP contribution in [0.25, 0.3) is 11.4 Å². The maximum absolute atomic E-state index is 11.8. The molecular weight excluding hydrogens is 410 g/mol. The summed E-state index contributed by atoms with van der Waals surface area (Å²) in [5, 5.41) is 12.5. The molecule has 1 aliphatic carbocycles. The van der Waals surface area contributed by atoms with Crippen LogP contribution in [0.2, 0.25) is 0 Å². The summed E-state index contributed by atoms with van der Waals surface area (Å²) in [4.78, 5) is 24.9. The summed E-state index contributed by atoms with van der Waals surface area (Å²) in [6.07, 6.45) is 5.98. The summed E-state index contributed by atoms with van der Waals surface area (Å²) >= 11 is 1.57. The number of carbonyl (C=O) groups is 2. The summed E-state index contributed by atoms with van der Waals surface area (Å²) < 4.78 is 2.29. The Balaban J connectivity index is 1.56. The lowest BCUT2D eigenvalue weighted by atomic mass is 9.86. The predicted molar refractivity (Wildman–Crippen MR) is 122 cm³/mol. The quantitative estimate of drug-likeness (QED) is 0.531. The van der Waals surface area contributed by atoms with Crippen molar-refractivity contribution in [1.82, 2.24) is 25.0 Å². The lowest BCUT2D eigenvalue weighted by molar-refractivity contribution is -0.124. The first-order chi connectivity index (χ1) is 14.8. The third-order valence-corrected chi connectivity index (χ3v) is 7.02. The van der Waals surface area contributed by atoms with Crippen molar-refractivity contribution in [2.75, 3.05) is 18.8 Å². The summed E-state index contributed by atoms with van der Waals surface area (Å²) in [5.74, 6) is 1.34. The number of aromatic nitrogens is 3. The zero-order valence-electron chi connectivity index (χ0n) is 18.6. The molecule has 7 nitrogen and oxygen atoms in total. The molecule has 1 aliphatic heterocycles. The van der Waals surface area contributed by atoms with Gasteiger partial charge in [-0.05, 0) is 23.8 Å². The molecule has 3 amide bonds. The highest BCUT2D eigenvalue weighted by Crippen LogP contribution is 2.36. The molecule has 0 atom stereocenters. The standard InChI is InChI=1S/C23H31N5O2S/c1-23(2,3)17-11-9-16(10-12-17)20-25-26-22(28(20)18-7-5-4-6-8-18)31-14-13-27-19(29)15-24-21(27)30/h9-12,18H,4-8,13-15H2,1-3H3,(H,24,30). The molecule has 0 spiro atoms. The van der Waals surface area contributed by atoms with E-state index in [1.54, 1.807) is 11.8 Å². The van der Waals surface area contributed by atoms with Crippen molar-refractivity contribution in [2.45, 2.75) is 69.5 Å². The van der Waals surface area contributed by atoms with E-state index >= 15 is 0 Å². The number of rotatable bonds is 6. The maximum atomic E-state index is 11.8. The van der Waals surface area contributed by atoms with E-state index in [1.165, 1.54) is 29.7 Å². The molecule has 0 bridgehead atoms. The van der Waals surface area contributed by atoms with Gasteiger partial charge in [-0.1, -0.05) is 76.1 Å². The average molecular weight is 442 g/mol. The second-order valence-corrected chi connectivity index (χ2v) is 10.4. The van der Waals surface area contributed by atoms with Crippen molar-refractivity contribution in [2.24, 2.45) is 0 Å². The van der Waals surface area contributed by atoms with Crippen LogP contribution >= 0.6 is 11.8 Å². The third kappa shape index (κ3) is 4.79. The molecule has 1 saturated heterocycles. The molecule has 0 radical (unpaired) electrons. The Kier molecular flexibility index (Phi) is 6.36. The first-order valence-corrected chi connectivity index (χ1v) is 12.1. The van der Waals surface area contributed by atoms with E-state index in [2.05, 4.69) is 65.1 Å². The Bertz CT molecular complexity index is 926. The average Bonchev–Trinajstić information content (AvgIpc) is 3.32. The van der Waals surface area contributed by atoms with Crippen molar-refractivity contribution >= 4 is 23.7 Å². The minimum absolute atomic E-state index is 0.0937. The van der Waals surface area contributed by atoms with Crippen LogP contribution in [0.4, 0.5) is 4.79 Å². The van der Waals surface area contributed by atoms with Crippen LogP contribution in [0, 0.1) is 0 Å². The van der Waals surface area contributed by atoms with Crippen LogP contribution in [0.3, 0.4) is 0 Å². The van der Waals surface area contributed by atoms with E-state index in [0.29, 0.717) is 18.3 Å². The topological polar surface area (TPSA) is 80.1 Å². The molecule has 2 aromatic rings. The van der Waals surface area contributed by atoms with E-state index < -0.39 is 0 Å². The van der Waals surface area contributed by atoms with Gasteiger partial charge in [0.1, 0.15) is 0 Å². The number of thioether (sulfide) groups is 1. The largest absolute Gasteiger partial charge is 0.329 e. The van der Waals surface area contributed by atoms with Crippen LogP contribution in [0.15, 0.2) is 29.4 Å². The smallest absolute Gasteiger partial charge is 0.324 e. The molecule has 31 heavy (non-hydrogen) atoms. The van der Waals surface area contributed by atoms with Gasteiger partial charge >= 0.3 is 6.03 Å². The Labute approximate surface area is 188 Å². The Morgan fingerprint density at radius 2 is 1.77 bits per heavy atom. The summed E-state index contributed by atoms with van der Waals surface area (Å²) in [6, 6.07) is 8.73. The van der Waals surface area contributed by atoms with Gasteiger partial charge in [0.15, 0.2) is 11.0 Å². The number of hydrogen-bond acceptors (Lipinski definition) is 5. The van der Waals surface area contributed by atoms with Crippen LogP contribution < -0.4 is 5.32 Å². The number of carbonyl (C=O) groups excluding carboxylic acids is 2. The molecule has 166 valence electrons. The Hall–Kier alpha value is -2.35. The zero-order chi connectivity index (χ0) is 22.0. The number of hydrogen-bond donors (Lipinski definition) is 1. The van der Waals surface area contributed by atoms with Crippen LogP contribution in [0.5, 0.6) is 0 Å². The molecule has 8 heteroatoms. The number of nitrogens with zero attached hydrogens (tertiary/aromatic N) is 4. The van der Waals surface area contributed by atoms with Crippen molar-refractivity contribution in [3.8, 4) is 11.4 Å². The number of imide groups is 1. The van der Waals surface area contributed by atoms with Crippen molar-refractivity contribution in [1.29, 1.82) is 0 Å². The molecule has 1 saturated carbocycles. The van der Waals surface area contributed by atoms with Gasteiger partial charge in [0.05, 0.1) is 6.54 Å². The number of urea groups is 1. The highest BCUT2D eigenvalue weighted by molar-refractivity contribution is 7.99. The first-order valence-electron chi connectivity index (χ1n) is 11.1. The second kappa shape index (κ2) is 9.02. The highest BCUT2D eigenvalue weighted by atomic mass is 32.2. The lowest BCUT2D eigenvalue weighted by Gasteiger charge is -2.26. The first kappa shape index (κ1) is 21.9. The van der Waals surface area contributed by atoms with E-state index in [-0.39, 0.29) is 23.9 Å². The molecule has 4 rings (SSSR count). The highest BCUT2D eigenvalue weighted by Gasteiger charge is 2.29. The fourth-order valence-electron chi connectivity index (χ4n) is 4.27. The van der Waals surface area contributed by atoms with Gasteiger partial charge in [-0.25, -0.2) is 4.79 Å². The van der Waals surface area contributed by atoms with E-state index in [0.717, 1.165) is 29.4 Å². The molecule has 1 N–H and O–H groups in total. The van der Waals surface area contributed by atoms with Gasteiger partial charge in [0, 0.05) is 23.9 Å². The fourth-order valence-corrected chi connectivity index (χ4v) is 5.20. The fraction of sp³-hybridized carbons (Fsp3) is 0.565. The van der Waals surface area contributed by atoms with Crippen LogP contribution in [0.1, 0.15) is 64.5 Å².